The molecule has 1 N–H and O–H groups in total. The molecule has 2 rings (SSSR count). The van der Waals surface area contributed by atoms with E-state index < -0.39 is 0 Å². The number of ether oxygens (including phenoxy) is 1. The second-order valence-corrected chi connectivity index (χ2v) is 5.16. The van der Waals surface area contributed by atoms with Crippen LogP contribution in [-0.2, 0) is 11.3 Å². The number of rotatable bonds is 8. The number of amides is 1. The Hall–Kier alpha value is -2.62. The fourth-order valence-electron chi connectivity index (χ4n) is 1.96. The first-order valence-electron chi connectivity index (χ1n) is 7.86. The summed E-state index contributed by atoms with van der Waals surface area (Å²) in [7, 11) is 0. The lowest BCUT2D eigenvalue weighted by Crippen LogP contribution is -2.20. The Morgan fingerprint density at radius 3 is 2.96 bits per heavy atom. The monoisotopic (exact) mass is 310 g/mol. The molecule has 1 aromatic carbocycles. The van der Waals surface area contributed by atoms with Gasteiger partial charge in [0.1, 0.15) is 5.75 Å². The molecule has 120 valence electrons. The summed E-state index contributed by atoms with van der Waals surface area (Å²) in [5.41, 5.74) is 1.77. The molecular formula is C19H22N2O2. The summed E-state index contributed by atoms with van der Waals surface area (Å²) in [6, 6.07) is 13.4. The van der Waals surface area contributed by atoms with Gasteiger partial charge in [0.2, 0.25) is 5.91 Å². The maximum absolute atomic E-state index is 11.8. The van der Waals surface area contributed by atoms with Crippen molar-refractivity contribution in [1.82, 2.24) is 10.3 Å². The van der Waals surface area contributed by atoms with E-state index in [1.165, 1.54) is 6.08 Å². The third-order valence-corrected chi connectivity index (χ3v) is 3.23. The normalized spacial score (nSPS) is 10.7. The third kappa shape index (κ3) is 6.34. The average molecular weight is 310 g/mol. The van der Waals surface area contributed by atoms with Crippen LogP contribution in [0.3, 0.4) is 0 Å². The average Bonchev–Trinajstić information content (AvgIpc) is 2.60. The fraction of sp³-hybridized carbons (Fsp3) is 0.263. The minimum Gasteiger partial charge on any atom is -0.494 e. The van der Waals surface area contributed by atoms with Gasteiger partial charge in [-0.15, -0.1) is 0 Å². The van der Waals surface area contributed by atoms with Crippen LogP contribution in [0.1, 0.15) is 31.0 Å². The van der Waals surface area contributed by atoms with Gasteiger partial charge in [0.25, 0.3) is 0 Å². The lowest BCUT2D eigenvalue weighted by atomic mass is 10.2. The molecular weight excluding hydrogens is 288 g/mol. The SMILES string of the molecule is CCCCOc1cccc(CNC(=O)/C=C/c2ccccn2)c1. The highest BCUT2D eigenvalue weighted by molar-refractivity contribution is 5.91. The molecule has 0 aliphatic heterocycles. The minimum atomic E-state index is -0.145. The van der Waals surface area contributed by atoms with Gasteiger partial charge in [-0.1, -0.05) is 31.5 Å². The highest BCUT2D eigenvalue weighted by Crippen LogP contribution is 2.13. The molecule has 1 aromatic heterocycles. The fourth-order valence-corrected chi connectivity index (χ4v) is 1.96. The molecule has 0 atom stereocenters. The zero-order chi connectivity index (χ0) is 16.3. The number of carbonyl (C=O) groups excluding carboxylic acids is 1. The molecule has 23 heavy (non-hydrogen) atoms. The van der Waals surface area contributed by atoms with E-state index in [0.29, 0.717) is 6.54 Å². The summed E-state index contributed by atoms with van der Waals surface area (Å²) < 4.78 is 5.66. The number of unbranched alkanes of at least 4 members (excludes halogenated alkanes) is 1. The van der Waals surface area contributed by atoms with Crippen LogP contribution in [0.5, 0.6) is 5.75 Å². The van der Waals surface area contributed by atoms with Crippen molar-refractivity contribution in [1.29, 1.82) is 0 Å². The summed E-state index contributed by atoms with van der Waals surface area (Å²) in [6.45, 7) is 3.32. The molecule has 0 aliphatic carbocycles. The molecule has 4 nitrogen and oxygen atoms in total. The van der Waals surface area contributed by atoms with Gasteiger partial charge in [-0.2, -0.15) is 0 Å². The Bertz CT molecular complexity index is 639. The van der Waals surface area contributed by atoms with Crippen LogP contribution in [-0.4, -0.2) is 17.5 Å². The van der Waals surface area contributed by atoms with Gasteiger partial charge < -0.3 is 10.1 Å². The van der Waals surface area contributed by atoms with Crippen molar-refractivity contribution < 1.29 is 9.53 Å². The summed E-state index contributed by atoms with van der Waals surface area (Å²) in [5, 5.41) is 2.85. The number of hydrogen-bond acceptors (Lipinski definition) is 3. The number of carbonyl (C=O) groups is 1. The van der Waals surface area contributed by atoms with E-state index in [9.17, 15) is 4.79 Å². The van der Waals surface area contributed by atoms with Crippen LogP contribution in [0.4, 0.5) is 0 Å². The van der Waals surface area contributed by atoms with E-state index in [4.69, 9.17) is 4.74 Å². The Balaban J connectivity index is 1.82. The predicted octanol–water partition coefficient (Wildman–Crippen LogP) is 3.59. The number of pyridine rings is 1. The van der Waals surface area contributed by atoms with Crippen LogP contribution in [0.15, 0.2) is 54.7 Å². The molecule has 0 saturated heterocycles. The number of aromatic nitrogens is 1. The highest BCUT2D eigenvalue weighted by atomic mass is 16.5. The zero-order valence-electron chi connectivity index (χ0n) is 13.4. The molecule has 0 saturated carbocycles. The van der Waals surface area contributed by atoms with Crippen molar-refractivity contribution in [2.24, 2.45) is 0 Å². The van der Waals surface area contributed by atoms with Crippen LogP contribution in [0.25, 0.3) is 6.08 Å². The van der Waals surface area contributed by atoms with Crippen molar-refractivity contribution in [2.45, 2.75) is 26.3 Å². The van der Waals surface area contributed by atoms with Crippen LogP contribution < -0.4 is 10.1 Å². The molecule has 0 radical (unpaired) electrons. The first-order valence-corrected chi connectivity index (χ1v) is 7.86. The Labute approximate surface area is 137 Å². The second-order valence-electron chi connectivity index (χ2n) is 5.16. The van der Waals surface area contributed by atoms with E-state index in [-0.39, 0.29) is 5.91 Å². The predicted molar refractivity (Wildman–Crippen MR) is 92.0 cm³/mol. The van der Waals surface area contributed by atoms with Gasteiger partial charge in [0.15, 0.2) is 0 Å². The third-order valence-electron chi connectivity index (χ3n) is 3.23. The van der Waals surface area contributed by atoms with Crippen molar-refractivity contribution in [3.05, 3.63) is 66.0 Å². The van der Waals surface area contributed by atoms with Gasteiger partial charge in [-0.3, -0.25) is 9.78 Å². The summed E-state index contributed by atoms with van der Waals surface area (Å²) in [4.78, 5) is 16.0. The molecule has 0 spiro atoms. The van der Waals surface area contributed by atoms with Crippen LogP contribution in [0.2, 0.25) is 0 Å². The quantitative estimate of drug-likeness (QED) is 0.599. The number of nitrogens with zero attached hydrogens (tertiary/aromatic N) is 1. The maximum atomic E-state index is 11.8. The lowest BCUT2D eigenvalue weighted by Gasteiger charge is -2.08. The summed E-state index contributed by atoms with van der Waals surface area (Å²) in [5.74, 6) is 0.696. The van der Waals surface area contributed by atoms with E-state index in [1.807, 2.05) is 42.5 Å². The Morgan fingerprint density at radius 2 is 2.17 bits per heavy atom. The molecule has 4 heteroatoms. The van der Waals surface area contributed by atoms with Gasteiger partial charge in [-0.25, -0.2) is 0 Å². The standard InChI is InChI=1S/C19H22N2O2/c1-2-3-13-23-18-9-6-7-16(14-18)15-21-19(22)11-10-17-8-4-5-12-20-17/h4-12,14H,2-3,13,15H2,1H3,(H,21,22)/b11-10+. The number of nitrogens with one attached hydrogen (secondary N) is 1. The lowest BCUT2D eigenvalue weighted by molar-refractivity contribution is -0.116. The topological polar surface area (TPSA) is 51.2 Å². The summed E-state index contributed by atoms with van der Waals surface area (Å²) in [6.07, 6.45) is 7.03. The van der Waals surface area contributed by atoms with E-state index >= 15 is 0 Å². The Morgan fingerprint density at radius 1 is 1.26 bits per heavy atom. The van der Waals surface area contributed by atoms with Crippen molar-refractivity contribution in [3.63, 3.8) is 0 Å². The van der Waals surface area contributed by atoms with Crippen molar-refractivity contribution >= 4 is 12.0 Å². The largest absolute Gasteiger partial charge is 0.494 e. The minimum absolute atomic E-state index is 0.145. The smallest absolute Gasteiger partial charge is 0.244 e. The second kappa shape index (κ2) is 9.41. The molecule has 0 unspecified atom stereocenters. The Kier molecular flexibility index (Phi) is 6.85. The maximum Gasteiger partial charge on any atom is 0.244 e. The van der Waals surface area contributed by atoms with Crippen molar-refractivity contribution in [3.8, 4) is 5.75 Å². The van der Waals surface area contributed by atoms with E-state index in [0.717, 1.165) is 36.5 Å². The van der Waals surface area contributed by atoms with E-state index in [1.54, 1.807) is 12.3 Å². The molecule has 1 heterocycles. The highest BCUT2D eigenvalue weighted by Gasteiger charge is 2.00. The number of benzene rings is 1. The van der Waals surface area contributed by atoms with Gasteiger partial charge >= 0.3 is 0 Å². The molecule has 0 aliphatic rings. The molecule has 0 bridgehead atoms. The first-order chi connectivity index (χ1) is 11.3. The number of hydrogen-bond donors (Lipinski definition) is 1. The van der Waals surface area contributed by atoms with Gasteiger partial charge in [-0.05, 0) is 42.3 Å². The van der Waals surface area contributed by atoms with E-state index in [2.05, 4.69) is 17.2 Å². The molecule has 0 fully saturated rings. The molecule has 1 amide bonds. The first kappa shape index (κ1) is 16.7. The van der Waals surface area contributed by atoms with Crippen molar-refractivity contribution in [2.75, 3.05) is 6.61 Å². The summed E-state index contributed by atoms with van der Waals surface area (Å²) >= 11 is 0. The zero-order valence-corrected chi connectivity index (χ0v) is 13.4. The van der Waals surface area contributed by atoms with Gasteiger partial charge in [0, 0.05) is 18.8 Å². The van der Waals surface area contributed by atoms with Gasteiger partial charge in [0.05, 0.1) is 12.3 Å². The molecule has 2 aromatic rings. The van der Waals surface area contributed by atoms with Crippen LogP contribution in [0, 0.1) is 0 Å². The van der Waals surface area contributed by atoms with Crippen LogP contribution >= 0.6 is 0 Å².